The summed E-state index contributed by atoms with van der Waals surface area (Å²) in [5, 5.41) is 10.3. The highest BCUT2D eigenvalue weighted by Crippen LogP contribution is 2.25. The van der Waals surface area contributed by atoms with Crippen LogP contribution in [0, 0.1) is 6.92 Å². The Bertz CT molecular complexity index is 711. The number of aromatic nitrogens is 2. The molecule has 0 unspecified atom stereocenters. The molecule has 0 spiro atoms. The summed E-state index contributed by atoms with van der Waals surface area (Å²) in [5.74, 6) is 3.10. The molecule has 2 heterocycles. The van der Waals surface area contributed by atoms with Crippen LogP contribution in [0.1, 0.15) is 22.8 Å². The molecule has 0 fully saturated rings. The van der Waals surface area contributed by atoms with Gasteiger partial charge in [-0.2, -0.15) is 4.98 Å². The van der Waals surface area contributed by atoms with E-state index in [0.29, 0.717) is 24.7 Å². The van der Waals surface area contributed by atoms with E-state index in [1.165, 1.54) is 11.1 Å². The summed E-state index contributed by atoms with van der Waals surface area (Å²) < 4.78 is 10.6. The van der Waals surface area contributed by atoms with Crippen LogP contribution >= 0.6 is 0 Å². The summed E-state index contributed by atoms with van der Waals surface area (Å²) in [4.78, 5) is 8.40. The van der Waals surface area contributed by atoms with E-state index in [-0.39, 0.29) is 0 Å². The molecule has 7 nitrogen and oxygen atoms in total. The Balaban J connectivity index is 1.39. The third-order valence-corrected chi connectivity index (χ3v) is 3.88. The lowest BCUT2D eigenvalue weighted by Gasteiger charge is -2.11. The minimum atomic E-state index is 0.635. The van der Waals surface area contributed by atoms with E-state index in [1.807, 2.05) is 6.92 Å². The smallest absolute Gasteiger partial charge is 0.228 e. The zero-order chi connectivity index (χ0) is 16.8. The number of hydrogen-bond donors (Lipinski definition) is 2. The fraction of sp³-hybridized carbons (Fsp3) is 0.471. The summed E-state index contributed by atoms with van der Waals surface area (Å²) in [5.41, 5.74) is 2.62. The Labute approximate surface area is 141 Å². The molecule has 0 atom stereocenters. The van der Waals surface area contributed by atoms with Gasteiger partial charge in [-0.3, -0.25) is 4.99 Å². The van der Waals surface area contributed by atoms with Crippen LogP contribution in [0.25, 0.3) is 0 Å². The second kappa shape index (κ2) is 7.81. The maximum absolute atomic E-state index is 5.53. The maximum atomic E-state index is 5.53. The van der Waals surface area contributed by atoms with Crippen LogP contribution in [0.2, 0.25) is 0 Å². The molecule has 128 valence electrons. The van der Waals surface area contributed by atoms with Crippen LogP contribution in [0.15, 0.2) is 27.7 Å². The number of fused-ring (bicyclic) bond motifs is 1. The van der Waals surface area contributed by atoms with Crippen LogP contribution in [0.5, 0.6) is 5.75 Å². The number of aryl methyl sites for hydroxylation is 1. The third-order valence-electron chi connectivity index (χ3n) is 3.88. The van der Waals surface area contributed by atoms with Gasteiger partial charge in [0.2, 0.25) is 5.89 Å². The van der Waals surface area contributed by atoms with Crippen molar-refractivity contribution in [2.24, 2.45) is 4.99 Å². The van der Waals surface area contributed by atoms with E-state index in [0.717, 1.165) is 37.7 Å². The fourth-order valence-corrected chi connectivity index (χ4v) is 2.67. The molecule has 1 aromatic carbocycles. The Morgan fingerprint density at radius 2 is 2.08 bits per heavy atom. The molecule has 0 aliphatic carbocycles. The molecule has 0 amide bonds. The van der Waals surface area contributed by atoms with Gasteiger partial charge in [-0.05, 0) is 30.5 Å². The zero-order valence-electron chi connectivity index (χ0n) is 14.1. The van der Waals surface area contributed by atoms with E-state index in [1.54, 1.807) is 7.05 Å². The van der Waals surface area contributed by atoms with Crippen LogP contribution in [-0.4, -0.2) is 42.8 Å². The minimum absolute atomic E-state index is 0.635. The number of nitrogens with zero attached hydrogens (tertiary/aromatic N) is 3. The van der Waals surface area contributed by atoms with Crippen molar-refractivity contribution in [1.82, 2.24) is 20.8 Å². The molecule has 24 heavy (non-hydrogen) atoms. The minimum Gasteiger partial charge on any atom is -0.493 e. The topological polar surface area (TPSA) is 84.6 Å². The Hall–Kier alpha value is -2.57. The van der Waals surface area contributed by atoms with E-state index in [4.69, 9.17) is 9.26 Å². The number of ether oxygens (including phenoxy) is 1. The number of guanidine groups is 1. The Morgan fingerprint density at radius 1 is 1.25 bits per heavy atom. The van der Waals surface area contributed by atoms with Crippen molar-refractivity contribution in [3.63, 3.8) is 0 Å². The first-order chi connectivity index (χ1) is 11.7. The molecule has 0 saturated heterocycles. The van der Waals surface area contributed by atoms with Gasteiger partial charge in [-0.15, -0.1) is 0 Å². The SMILES string of the molecule is CN=C(NCCc1ccc2c(c1)CCO2)NCCc1nc(C)no1. The zero-order valence-corrected chi connectivity index (χ0v) is 14.1. The largest absolute Gasteiger partial charge is 0.493 e. The normalized spacial score (nSPS) is 13.5. The van der Waals surface area contributed by atoms with Gasteiger partial charge in [0.15, 0.2) is 11.8 Å². The molecule has 3 rings (SSSR count). The first-order valence-electron chi connectivity index (χ1n) is 8.23. The van der Waals surface area contributed by atoms with Crippen LogP contribution < -0.4 is 15.4 Å². The van der Waals surface area contributed by atoms with Crippen molar-refractivity contribution in [2.45, 2.75) is 26.2 Å². The van der Waals surface area contributed by atoms with Gasteiger partial charge < -0.3 is 19.9 Å². The highest BCUT2D eigenvalue weighted by molar-refractivity contribution is 5.79. The van der Waals surface area contributed by atoms with Crippen LogP contribution in [0.4, 0.5) is 0 Å². The van der Waals surface area contributed by atoms with Crippen molar-refractivity contribution < 1.29 is 9.26 Å². The lowest BCUT2D eigenvalue weighted by atomic mass is 10.1. The van der Waals surface area contributed by atoms with Gasteiger partial charge >= 0.3 is 0 Å². The molecule has 7 heteroatoms. The van der Waals surface area contributed by atoms with Gasteiger partial charge in [0, 0.05) is 33.0 Å². The standard InChI is InChI=1S/C17H23N5O2/c1-12-21-16(24-22-12)6-9-20-17(18-2)19-8-5-13-3-4-15-14(11-13)7-10-23-15/h3-4,11H,5-10H2,1-2H3,(H2,18,19,20). The maximum Gasteiger partial charge on any atom is 0.228 e. The Kier molecular flexibility index (Phi) is 5.30. The number of rotatable bonds is 6. The van der Waals surface area contributed by atoms with Crippen LogP contribution in [0.3, 0.4) is 0 Å². The summed E-state index contributed by atoms with van der Waals surface area (Å²) in [6.45, 7) is 4.12. The first kappa shape index (κ1) is 16.3. The van der Waals surface area contributed by atoms with Crippen molar-refractivity contribution >= 4 is 5.96 Å². The van der Waals surface area contributed by atoms with E-state index in [2.05, 4.69) is 44.0 Å². The van der Waals surface area contributed by atoms with Gasteiger partial charge in [0.05, 0.1) is 6.61 Å². The molecule has 1 aliphatic heterocycles. The summed E-state index contributed by atoms with van der Waals surface area (Å²) in [6, 6.07) is 6.43. The van der Waals surface area contributed by atoms with Crippen molar-refractivity contribution in [2.75, 3.05) is 26.7 Å². The van der Waals surface area contributed by atoms with Gasteiger partial charge in [0.25, 0.3) is 0 Å². The summed E-state index contributed by atoms with van der Waals surface area (Å²) in [7, 11) is 1.76. The van der Waals surface area contributed by atoms with Crippen molar-refractivity contribution in [1.29, 1.82) is 0 Å². The molecule has 1 aromatic heterocycles. The second-order valence-corrected chi connectivity index (χ2v) is 5.70. The van der Waals surface area contributed by atoms with E-state index < -0.39 is 0 Å². The second-order valence-electron chi connectivity index (χ2n) is 5.70. The predicted octanol–water partition coefficient (Wildman–Crippen LogP) is 1.26. The highest BCUT2D eigenvalue weighted by Gasteiger charge is 2.11. The van der Waals surface area contributed by atoms with Crippen molar-refractivity contribution in [3.05, 3.63) is 41.0 Å². The van der Waals surface area contributed by atoms with Gasteiger partial charge in [-0.25, -0.2) is 0 Å². The average molecular weight is 329 g/mol. The number of benzene rings is 1. The number of hydrogen-bond acceptors (Lipinski definition) is 5. The molecule has 2 aromatic rings. The number of aliphatic imine (C=N–C) groups is 1. The summed E-state index contributed by atoms with van der Waals surface area (Å²) >= 11 is 0. The molecular weight excluding hydrogens is 306 g/mol. The molecular formula is C17H23N5O2. The lowest BCUT2D eigenvalue weighted by Crippen LogP contribution is -2.39. The first-order valence-corrected chi connectivity index (χ1v) is 8.23. The van der Waals surface area contributed by atoms with Crippen molar-refractivity contribution in [3.8, 4) is 5.75 Å². The molecule has 0 saturated carbocycles. The highest BCUT2D eigenvalue weighted by atomic mass is 16.5. The molecule has 2 N–H and O–H groups in total. The van der Waals surface area contributed by atoms with Gasteiger partial charge in [0.1, 0.15) is 5.75 Å². The number of nitrogens with one attached hydrogen (secondary N) is 2. The molecule has 0 bridgehead atoms. The van der Waals surface area contributed by atoms with Gasteiger partial charge in [-0.1, -0.05) is 17.3 Å². The lowest BCUT2D eigenvalue weighted by molar-refractivity contribution is 0.357. The fourth-order valence-electron chi connectivity index (χ4n) is 2.67. The summed E-state index contributed by atoms with van der Waals surface area (Å²) in [6.07, 6.45) is 2.62. The van der Waals surface area contributed by atoms with E-state index in [9.17, 15) is 0 Å². The van der Waals surface area contributed by atoms with E-state index >= 15 is 0 Å². The third kappa shape index (κ3) is 4.24. The molecule has 1 aliphatic rings. The molecule has 0 radical (unpaired) electrons. The monoisotopic (exact) mass is 329 g/mol. The van der Waals surface area contributed by atoms with Crippen LogP contribution in [-0.2, 0) is 19.3 Å². The average Bonchev–Trinajstić information content (AvgIpc) is 3.21. The Morgan fingerprint density at radius 3 is 2.83 bits per heavy atom. The quantitative estimate of drug-likeness (QED) is 0.613. The predicted molar refractivity (Wildman–Crippen MR) is 91.4 cm³/mol.